The Kier molecular flexibility index (Phi) is 4.73. The minimum atomic E-state index is -0.139. The molecule has 0 spiro atoms. The van der Waals surface area contributed by atoms with Crippen LogP contribution in [0.1, 0.15) is 16.1 Å². The van der Waals surface area contributed by atoms with Gasteiger partial charge in [0.1, 0.15) is 10.7 Å². The summed E-state index contributed by atoms with van der Waals surface area (Å²) in [5.74, 6) is -0.139. The number of hydrogen-bond donors (Lipinski definition) is 1. The third kappa shape index (κ3) is 3.78. The number of aromatic nitrogens is 1. The maximum Gasteiger partial charge on any atom is 0.271 e. The molecule has 0 saturated carbocycles. The van der Waals surface area contributed by atoms with Gasteiger partial charge in [-0.15, -0.1) is 11.3 Å². The molecule has 0 fully saturated rings. The average molecular weight is 343 g/mol. The molecule has 0 aliphatic carbocycles. The van der Waals surface area contributed by atoms with Gasteiger partial charge in [0.25, 0.3) is 5.91 Å². The summed E-state index contributed by atoms with van der Waals surface area (Å²) < 4.78 is 0. The van der Waals surface area contributed by atoms with Crippen LogP contribution in [0.3, 0.4) is 0 Å². The van der Waals surface area contributed by atoms with Gasteiger partial charge in [-0.3, -0.25) is 4.79 Å². The Morgan fingerprint density at radius 2 is 1.96 bits per heavy atom. The van der Waals surface area contributed by atoms with Crippen LogP contribution in [0.5, 0.6) is 0 Å². The lowest BCUT2D eigenvalue weighted by Crippen LogP contribution is -2.23. The first-order chi connectivity index (χ1) is 11.1. The molecule has 23 heavy (non-hydrogen) atoms. The molecule has 2 heterocycles. The van der Waals surface area contributed by atoms with Crippen LogP contribution >= 0.6 is 22.7 Å². The van der Waals surface area contributed by atoms with Crippen LogP contribution in [-0.2, 0) is 6.54 Å². The molecule has 0 bridgehead atoms. The number of hydrogen-bond acceptors (Lipinski definition) is 5. The molecule has 0 unspecified atom stereocenters. The highest BCUT2D eigenvalue weighted by atomic mass is 32.1. The SMILES string of the molecule is CN(C)c1ccc(CNC(=O)c2csc(-c3ccsc3)n2)cc1. The van der Waals surface area contributed by atoms with E-state index in [1.54, 1.807) is 16.7 Å². The summed E-state index contributed by atoms with van der Waals surface area (Å²) in [6, 6.07) is 10.1. The van der Waals surface area contributed by atoms with Crippen molar-refractivity contribution in [2.75, 3.05) is 19.0 Å². The van der Waals surface area contributed by atoms with E-state index in [0.717, 1.165) is 21.8 Å². The minimum absolute atomic E-state index is 0.139. The largest absolute Gasteiger partial charge is 0.378 e. The quantitative estimate of drug-likeness (QED) is 0.765. The molecule has 1 amide bonds. The second kappa shape index (κ2) is 6.93. The van der Waals surface area contributed by atoms with Gasteiger partial charge in [-0.1, -0.05) is 12.1 Å². The van der Waals surface area contributed by atoms with Gasteiger partial charge in [0, 0.05) is 42.7 Å². The fraction of sp³-hybridized carbons (Fsp3) is 0.176. The first-order valence-electron chi connectivity index (χ1n) is 7.16. The van der Waals surface area contributed by atoms with Crippen molar-refractivity contribution in [2.45, 2.75) is 6.54 Å². The third-order valence-electron chi connectivity index (χ3n) is 3.41. The number of thiophene rings is 1. The third-order valence-corrected chi connectivity index (χ3v) is 4.99. The van der Waals surface area contributed by atoms with E-state index < -0.39 is 0 Å². The molecule has 3 aromatic rings. The number of anilines is 1. The molecule has 2 aromatic heterocycles. The Hall–Kier alpha value is -2.18. The first-order valence-corrected chi connectivity index (χ1v) is 8.98. The van der Waals surface area contributed by atoms with Crippen LogP contribution in [0.4, 0.5) is 5.69 Å². The van der Waals surface area contributed by atoms with Crippen LogP contribution < -0.4 is 10.2 Å². The normalized spacial score (nSPS) is 10.5. The van der Waals surface area contributed by atoms with Crippen molar-refractivity contribution in [3.05, 3.63) is 57.7 Å². The number of nitrogens with one attached hydrogen (secondary N) is 1. The van der Waals surface area contributed by atoms with Crippen LogP contribution in [0.15, 0.2) is 46.5 Å². The molecule has 1 N–H and O–H groups in total. The summed E-state index contributed by atoms with van der Waals surface area (Å²) >= 11 is 3.12. The second-order valence-electron chi connectivity index (χ2n) is 5.29. The van der Waals surface area contributed by atoms with E-state index in [1.807, 2.05) is 60.1 Å². The van der Waals surface area contributed by atoms with Crippen molar-refractivity contribution in [1.82, 2.24) is 10.3 Å². The average Bonchev–Trinajstić information content (AvgIpc) is 3.23. The van der Waals surface area contributed by atoms with Crippen molar-refractivity contribution in [3.63, 3.8) is 0 Å². The first kappa shape index (κ1) is 15.7. The minimum Gasteiger partial charge on any atom is -0.378 e. The molecule has 3 rings (SSSR count). The van der Waals surface area contributed by atoms with Crippen LogP contribution in [0.2, 0.25) is 0 Å². The molecule has 6 heteroatoms. The van der Waals surface area contributed by atoms with Crippen LogP contribution in [0.25, 0.3) is 10.6 Å². The number of carbonyl (C=O) groups is 1. The monoisotopic (exact) mass is 343 g/mol. The molecule has 4 nitrogen and oxygen atoms in total. The summed E-state index contributed by atoms with van der Waals surface area (Å²) in [6.07, 6.45) is 0. The zero-order valence-corrected chi connectivity index (χ0v) is 14.6. The van der Waals surface area contributed by atoms with Crippen molar-refractivity contribution >= 4 is 34.3 Å². The zero-order valence-electron chi connectivity index (χ0n) is 12.9. The molecular weight excluding hydrogens is 326 g/mol. The van der Waals surface area contributed by atoms with Crippen molar-refractivity contribution < 1.29 is 4.79 Å². The van der Waals surface area contributed by atoms with Gasteiger partial charge in [0.15, 0.2) is 0 Å². The summed E-state index contributed by atoms with van der Waals surface area (Å²) in [5.41, 5.74) is 3.75. The van der Waals surface area contributed by atoms with E-state index in [1.165, 1.54) is 11.3 Å². The second-order valence-corrected chi connectivity index (χ2v) is 6.93. The molecule has 0 saturated heterocycles. The number of carbonyl (C=O) groups excluding carboxylic acids is 1. The molecular formula is C17H17N3OS2. The Labute approximate surface area is 143 Å². The van der Waals surface area contributed by atoms with Gasteiger partial charge in [-0.2, -0.15) is 11.3 Å². The topological polar surface area (TPSA) is 45.2 Å². The van der Waals surface area contributed by atoms with E-state index in [2.05, 4.69) is 10.3 Å². The van der Waals surface area contributed by atoms with Gasteiger partial charge in [0.05, 0.1) is 0 Å². The van der Waals surface area contributed by atoms with E-state index >= 15 is 0 Å². The molecule has 0 aliphatic heterocycles. The van der Waals surface area contributed by atoms with Crippen molar-refractivity contribution in [1.29, 1.82) is 0 Å². The van der Waals surface area contributed by atoms with Gasteiger partial charge in [-0.25, -0.2) is 4.98 Å². The van der Waals surface area contributed by atoms with E-state index in [9.17, 15) is 4.79 Å². The smallest absolute Gasteiger partial charge is 0.271 e. The van der Waals surface area contributed by atoms with Gasteiger partial charge in [0.2, 0.25) is 0 Å². The summed E-state index contributed by atoms with van der Waals surface area (Å²) in [5, 5.41) is 9.64. The van der Waals surface area contributed by atoms with Crippen molar-refractivity contribution in [2.24, 2.45) is 0 Å². The lowest BCUT2D eigenvalue weighted by Gasteiger charge is -2.12. The fourth-order valence-corrected chi connectivity index (χ4v) is 3.59. The van der Waals surface area contributed by atoms with Crippen LogP contribution in [-0.4, -0.2) is 25.0 Å². The Bertz CT molecular complexity index is 777. The standard InChI is InChI=1S/C17H17N3OS2/c1-20(2)14-5-3-12(4-6-14)9-18-16(21)15-11-23-17(19-15)13-7-8-22-10-13/h3-8,10-11H,9H2,1-2H3,(H,18,21). The van der Waals surface area contributed by atoms with Crippen molar-refractivity contribution in [3.8, 4) is 10.6 Å². The number of nitrogens with zero attached hydrogens (tertiary/aromatic N) is 2. The maximum absolute atomic E-state index is 12.2. The fourth-order valence-electron chi connectivity index (χ4n) is 2.08. The van der Waals surface area contributed by atoms with Gasteiger partial charge >= 0.3 is 0 Å². The predicted molar refractivity (Wildman–Crippen MR) is 97.4 cm³/mol. The molecule has 0 atom stereocenters. The Morgan fingerprint density at radius 1 is 1.17 bits per heavy atom. The molecule has 1 aromatic carbocycles. The lowest BCUT2D eigenvalue weighted by atomic mass is 10.2. The Morgan fingerprint density at radius 3 is 2.61 bits per heavy atom. The molecule has 0 radical (unpaired) electrons. The highest BCUT2D eigenvalue weighted by Crippen LogP contribution is 2.25. The highest BCUT2D eigenvalue weighted by Gasteiger charge is 2.11. The Balaban J connectivity index is 1.61. The van der Waals surface area contributed by atoms with Gasteiger partial charge in [-0.05, 0) is 29.1 Å². The number of thiazole rings is 1. The van der Waals surface area contributed by atoms with E-state index in [0.29, 0.717) is 12.2 Å². The van der Waals surface area contributed by atoms with Gasteiger partial charge < -0.3 is 10.2 Å². The molecule has 118 valence electrons. The van der Waals surface area contributed by atoms with Crippen LogP contribution in [0, 0.1) is 0 Å². The number of rotatable bonds is 5. The zero-order chi connectivity index (χ0) is 16.2. The summed E-state index contributed by atoms with van der Waals surface area (Å²) in [4.78, 5) is 18.7. The number of amides is 1. The number of benzene rings is 1. The maximum atomic E-state index is 12.2. The lowest BCUT2D eigenvalue weighted by molar-refractivity contribution is 0.0946. The highest BCUT2D eigenvalue weighted by molar-refractivity contribution is 7.14. The predicted octanol–water partition coefficient (Wildman–Crippen LogP) is 3.87. The summed E-state index contributed by atoms with van der Waals surface area (Å²) in [7, 11) is 4.01. The molecule has 0 aliphatic rings. The summed E-state index contributed by atoms with van der Waals surface area (Å²) in [6.45, 7) is 0.498. The van der Waals surface area contributed by atoms with E-state index in [4.69, 9.17) is 0 Å². The van der Waals surface area contributed by atoms with E-state index in [-0.39, 0.29) is 5.91 Å².